The van der Waals surface area contributed by atoms with Crippen LogP contribution in [0.25, 0.3) is 6.08 Å². The minimum absolute atomic E-state index is 0.00922. The number of nitrogens with one attached hydrogen (secondary N) is 1. The number of amides is 1. The molecule has 0 fully saturated rings. The topological polar surface area (TPSA) is 114 Å². The second-order valence-electron chi connectivity index (χ2n) is 8.32. The van der Waals surface area contributed by atoms with Crippen LogP contribution in [0.15, 0.2) is 107 Å². The Labute approximate surface area is 233 Å². The lowest BCUT2D eigenvalue weighted by atomic mass is 10.1. The SMILES string of the molecule is N#C/C(=C\c1cc(Br)ccc1OCc1ccc([N+](=O)[O-])cc1)C(=O)Nc1ccc(OCc2ccccc2)cc1. The number of ether oxygens (including phenoxy) is 2. The molecule has 39 heavy (non-hydrogen) atoms. The first-order valence-corrected chi connectivity index (χ1v) is 12.6. The molecule has 1 amide bonds. The van der Waals surface area contributed by atoms with Crippen molar-refractivity contribution in [1.29, 1.82) is 5.26 Å². The molecular formula is C30H22BrN3O5. The van der Waals surface area contributed by atoms with Gasteiger partial charge in [0.05, 0.1) is 4.92 Å². The number of hydrogen-bond donors (Lipinski definition) is 1. The van der Waals surface area contributed by atoms with Crippen LogP contribution in [-0.4, -0.2) is 10.8 Å². The molecule has 0 unspecified atom stereocenters. The highest BCUT2D eigenvalue weighted by Gasteiger charge is 2.13. The van der Waals surface area contributed by atoms with E-state index in [1.165, 1.54) is 18.2 Å². The molecule has 0 heterocycles. The van der Waals surface area contributed by atoms with Crippen molar-refractivity contribution in [3.63, 3.8) is 0 Å². The molecule has 0 spiro atoms. The standard InChI is InChI=1S/C30H22BrN3O5/c31-25-8-15-29(39-20-22-6-11-27(12-7-22)34(36)37)23(17-25)16-24(18-32)30(35)33-26-9-13-28(14-10-26)38-19-21-4-2-1-3-5-21/h1-17H,19-20H2,(H,33,35)/b24-16+. The lowest BCUT2D eigenvalue weighted by Crippen LogP contribution is -2.13. The third kappa shape index (κ3) is 7.77. The summed E-state index contributed by atoms with van der Waals surface area (Å²) in [5, 5.41) is 23.3. The molecule has 0 aliphatic heterocycles. The average molecular weight is 584 g/mol. The second kappa shape index (κ2) is 13.0. The van der Waals surface area contributed by atoms with Crippen LogP contribution in [0.1, 0.15) is 16.7 Å². The molecule has 8 nitrogen and oxygen atoms in total. The van der Waals surface area contributed by atoms with Crippen molar-refractivity contribution >= 4 is 39.3 Å². The van der Waals surface area contributed by atoms with Crippen LogP contribution in [0.2, 0.25) is 0 Å². The number of nitro benzene ring substituents is 1. The van der Waals surface area contributed by atoms with Gasteiger partial charge in [0.15, 0.2) is 0 Å². The Hall–Kier alpha value is -4.94. The summed E-state index contributed by atoms with van der Waals surface area (Å²) in [4.78, 5) is 23.3. The molecule has 0 atom stereocenters. The molecule has 0 saturated carbocycles. The van der Waals surface area contributed by atoms with E-state index in [-0.39, 0.29) is 17.9 Å². The van der Waals surface area contributed by atoms with Crippen molar-refractivity contribution < 1.29 is 19.2 Å². The molecule has 0 aromatic heterocycles. The smallest absolute Gasteiger partial charge is 0.269 e. The Balaban J connectivity index is 1.42. The molecule has 194 valence electrons. The Morgan fingerprint density at radius 3 is 2.26 bits per heavy atom. The number of nitrogens with zero attached hydrogens (tertiary/aromatic N) is 2. The van der Waals surface area contributed by atoms with Gasteiger partial charge in [-0.25, -0.2) is 0 Å². The molecule has 1 N–H and O–H groups in total. The monoisotopic (exact) mass is 583 g/mol. The fourth-order valence-corrected chi connectivity index (χ4v) is 3.90. The molecular weight excluding hydrogens is 562 g/mol. The molecule has 0 radical (unpaired) electrons. The highest BCUT2D eigenvalue weighted by molar-refractivity contribution is 9.10. The maximum absolute atomic E-state index is 12.9. The van der Waals surface area contributed by atoms with Gasteiger partial charge in [0, 0.05) is 27.9 Å². The van der Waals surface area contributed by atoms with Gasteiger partial charge in [-0.2, -0.15) is 5.26 Å². The molecule has 4 aromatic rings. The highest BCUT2D eigenvalue weighted by atomic mass is 79.9. The van der Waals surface area contributed by atoms with E-state index in [0.717, 1.165) is 15.6 Å². The zero-order valence-corrected chi connectivity index (χ0v) is 22.1. The van der Waals surface area contributed by atoms with Crippen molar-refractivity contribution in [2.24, 2.45) is 0 Å². The maximum Gasteiger partial charge on any atom is 0.269 e. The number of nitro groups is 1. The Kier molecular flexibility index (Phi) is 9.06. The number of non-ortho nitro benzene ring substituents is 1. The van der Waals surface area contributed by atoms with Crippen LogP contribution in [0.5, 0.6) is 11.5 Å². The van der Waals surface area contributed by atoms with E-state index in [1.807, 2.05) is 36.4 Å². The third-order valence-electron chi connectivity index (χ3n) is 5.54. The lowest BCUT2D eigenvalue weighted by molar-refractivity contribution is -0.384. The van der Waals surface area contributed by atoms with E-state index in [9.17, 15) is 20.2 Å². The first kappa shape index (κ1) is 27.1. The summed E-state index contributed by atoms with van der Waals surface area (Å²) < 4.78 is 12.4. The molecule has 4 aromatic carbocycles. The van der Waals surface area contributed by atoms with Crippen molar-refractivity contribution in [3.05, 3.63) is 134 Å². The summed E-state index contributed by atoms with van der Waals surface area (Å²) in [5.41, 5.74) is 2.68. The summed E-state index contributed by atoms with van der Waals surface area (Å²) in [6, 6.07) is 29.9. The van der Waals surface area contributed by atoms with E-state index in [0.29, 0.717) is 29.4 Å². The molecule has 0 bridgehead atoms. The maximum atomic E-state index is 12.9. The zero-order valence-electron chi connectivity index (χ0n) is 20.5. The fraction of sp³-hybridized carbons (Fsp3) is 0.0667. The summed E-state index contributed by atoms with van der Waals surface area (Å²) in [6.07, 6.45) is 1.45. The number of rotatable bonds is 10. The van der Waals surface area contributed by atoms with Crippen molar-refractivity contribution in [2.45, 2.75) is 13.2 Å². The van der Waals surface area contributed by atoms with Crippen LogP contribution < -0.4 is 14.8 Å². The summed E-state index contributed by atoms with van der Waals surface area (Å²) in [6.45, 7) is 0.572. The number of hydrogen-bond acceptors (Lipinski definition) is 6. The van der Waals surface area contributed by atoms with Gasteiger partial charge in [0.1, 0.15) is 36.4 Å². The van der Waals surface area contributed by atoms with Gasteiger partial charge >= 0.3 is 0 Å². The van der Waals surface area contributed by atoms with Crippen LogP contribution in [0.4, 0.5) is 11.4 Å². The first-order chi connectivity index (χ1) is 18.9. The fourth-order valence-electron chi connectivity index (χ4n) is 3.52. The number of anilines is 1. The number of carbonyl (C=O) groups is 1. The Morgan fingerprint density at radius 2 is 1.59 bits per heavy atom. The first-order valence-electron chi connectivity index (χ1n) is 11.8. The number of halogens is 1. The Bertz CT molecular complexity index is 1530. The van der Waals surface area contributed by atoms with Gasteiger partial charge < -0.3 is 14.8 Å². The normalized spacial score (nSPS) is 10.8. The predicted molar refractivity (Wildman–Crippen MR) is 151 cm³/mol. The van der Waals surface area contributed by atoms with E-state index in [1.54, 1.807) is 54.6 Å². The van der Waals surface area contributed by atoms with E-state index in [4.69, 9.17) is 9.47 Å². The Morgan fingerprint density at radius 1 is 0.923 bits per heavy atom. The van der Waals surface area contributed by atoms with Crippen molar-refractivity contribution in [1.82, 2.24) is 0 Å². The average Bonchev–Trinajstić information content (AvgIpc) is 2.95. The molecule has 9 heteroatoms. The van der Waals surface area contributed by atoms with Gasteiger partial charge in [0.25, 0.3) is 11.6 Å². The summed E-state index contributed by atoms with van der Waals surface area (Å²) in [7, 11) is 0. The zero-order chi connectivity index (χ0) is 27.6. The third-order valence-corrected chi connectivity index (χ3v) is 6.03. The minimum Gasteiger partial charge on any atom is -0.489 e. The molecule has 0 aliphatic carbocycles. The number of benzene rings is 4. The van der Waals surface area contributed by atoms with Gasteiger partial charge in [-0.1, -0.05) is 46.3 Å². The predicted octanol–water partition coefficient (Wildman–Crippen LogP) is 7.06. The largest absolute Gasteiger partial charge is 0.489 e. The molecule has 0 aliphatic rings. The van der Waals surface area contributed by atoms with Crippen molar-refractivity contribution in [3.8, 4) is 17.6 Å². The van der Waals surface area contributed by atoms with Crippen molar-refractivity contribution in [2.75, 3.05) is 5.32 Å². The summed E-state index contributed by atoms with van der Waals surface area (Å²) >= 11 is 3.41. The summed E-state index contributed by atoms with van der Waals surface area (Å²) in [5.74, 6) is 0.519. The second-order valence-corrected chi connectivity index (χ2v) is 9.23. The molecule has 0 saturated heterocycles. The van der Waals surface area contributed by atoms with E-state index in [2.05, 4.69) is 21.2 Å². The highest BCUT2D eigenvalue weighted by Crippen LogP contribution is 2.27. The van der Waals surface area contributed by atoms with Gasteiger partial charge in [-0.15, -0.1) is 0 Å². The van der Waals surface area contributed by atoms with Gasteiger partial charge in [-0.05, 0) is 71.8 Å². The van der Waals surface area contributed by atoms with Gasteiger partial charge in [-0.3, -0.25) is 14.9 Å². The van der Waals surface area contributed by atoms with Gasteiger partial charge in [0.2, 0.25) is 0 Å². The minimum atomic E-state index is -0.572. The number of carbonyl (C=O) groups excluding carboxylic acids is 1. The molecule has 4 rings (SSSR count). The van der Waals surface area contributed by atoms with Crippen LogP contribution in [0, 0.1) is 21.4 Å². The van der Waals surface area contributed by atoms with Crippen LogP contribution in [-0.2, 0) is 18.0 Å². The van der Waals surface area contributed by atoms with E-state index >= 15 is 0 Å². The van der Waals surface area contributed by atoms with E-state index < -0.39 is 10.8 Å². The lowest BCUT2D eigenvalue weighted by Gasteiger charge is -2.11. The quantitative estimate of drug-likeness (QED) is 0.0924. The van der Waals surface area contributed by atoms with Crippen LogP contribution >= 0.6 is 15.9 Å². The number of nitriles is 1. The van der Waals surface area contributed by atoms with Crippen LogP contribution in [0.3, 0.4) is 0 Å².